The molecule has 3 rings (SSSR count). The van der Waals surface area contributed by atoms with Crippen molar-refractivity contribution in [2.75, 3.05) is 6.54 Å². The number of aromatic hydroxyl groups is 1. The summed E-state index contributed by atoms with van der Waals surface area (Å²) in [5.74, 6) is 0.280. The van der Waals surface area contributed by atoms with Crippen LogP contribution in [0.3, 0.4) is 0 Å². The smallest absolute Gasteiger partial charge is 0.138 e. The van der Waals surface area contributed by atoms with Crippen LogP contribution in [0.4, 0.5) is 0 Å². The lowest BCUT2D eigenvalue weighted by atomic mass is 10.2. The number of nitrogens with zero attached hydrogens (tertiary/aromatic N) is 3. The molecule has 1 aliphatic rings. The zero-order chi connectivity index (χ0) is 12.4. The molecule has 94 valence electrons. The molecule has 1 fully saturated rings. The average Bonchev–Trinajstić information content (AvgIpc) is 3.02. The van der Waals surface area contributed by atoms with Crippen LogP contribution in [0.5, 0.6) is 5.75 Å². The highest BCUT2D eigenvalue weighted by Crippen LogP contribution is 2.34. The lowest BCUT2D eigenvalue weighted by Crippen LogP contribution is -2.23. The number of aromatic nitrogens is 2. The Hall–Kier alpha value is -1.46. The molecule has 0 amide bonds. The molecule has 0 unspecified atom stereocenters. The van der Waals surface area contributed by atoms with Gasteiger partial charge in [0.1, 0.15) is 10.8 Å². The Morgan fingerprint density at radius 1 is 1.39 bits per heavy atom. The predicted octanol–water partition coefficient (Wildman–Crippen LogP) is 2.58. The van der Waals surface area contributed by atoms with Crippen LogP contribution in [0.2, 0.25) is 0 Å². The van der Waals surface area contributed by atoms with Gasteiger partial charge in [-0.15, -0.1) is 11.3 Å². The monoisotopic (exact) mass is 261 g/mol. The molecule has 0 bridgehead atoms. The van der Waals surface area contributed by atoms with Crippen molar-refractivity contribution in [3.63, 3.8) is 0 Å². The van der Waals surface area contributed by atoms with E-state index in [0.717, 1.165) is 18.7 Å². The van der Waals surface area contributed by atoms with Crippen molar-refractivity contribution in [2.45, 2.75) is 25.4 Å². The summed E-state index contributed by atoms with van der Waals surface area (Å²) < 4.78 is 0. The topological polar surface area (TPSA) is 49.3 Å². The van der Waals surface area contributed by atoms with Gasteiger partial charge in [0.05, 0.1) is 11.7 Å². The summed E-state index contributed by atoms with van der Waals surface area (Å²) in [5, 5.41) is 13.0. The molecule has 18 heavy (non-hydrogen) atoms. The maximum absolute atomic E-state index is 9.79. The van der Waals surface area contributed by atoms with Crippen molar-refractivity contribution >= 4 is 11.3 Å². The summed E-state index contributed by atoms with van der Waals surface area (Å²) in [4.78, 5) is 11.0. The van der Waals surface area contributed by atoms with Crippen LogP contribution in [0.25, 0.3) is 0 Å². The molecule has 4 nitrogen and oxygen atoms in total. The minimum Gasteiger partial charge on any atom is -0.506 e. The van der Waals surface area contributed by atoms with Crippen molar-refractivity contribution in [1.29, 1.82) is 0 Å². The highest BCUT2D eigenvalue weighted by Gasteiger charge is 2.28. The number of hydrogen-bond acceptors (Lipinski definition) is 5. The largest absolute Gasteiger partial charge is 0.506 e. The first-order valence-electron chi connectivity index (χ1n) is 6.11. The van der Waals surface area contributed by atoms with E-state index in [9.17, 15) is 5.11 Å². The van der Waals surface area contributed by atoms with Gasteiger partial charge in [0.25, 0.3) is 0 Å². The Kier molecular flexibility index (Phi) is 3.25. The van der Waals surface area contributed by atoms with E-state index >= 15 is 0 Å². The fourth-order valence-electron chi connectivity index (χ4n) is 2.44. The number of pyridine rings is 1. The van der Waals surface area contributed by atoms with E-state index in [0.29, 0.717) is 12.6 Å². The Morgan fingerprint density at radius 3 is 3.11 bits per heavy atom. The number of hydrogen-bond donors (Lipinski definition) is 1. The van der Waals surface area contributed by atoms with E-state index in [-0.39, 0.29) is 5.75 Å². The molecule has 5 heteroatoms. The van der Waals surface area contributed by atoms with E-state index in [1.807, 2.05) is 11.6 Å². The molecule has 3 heterocycles. The molecule has 0 spiro atoms. The first-order chi connectivity index (χ1) is 8.84. The van der Waals surface area contributed by atoms with Crippen LogP contribution < -0.4 is 0 Å². The summed E-state index contributed by atoms with van der Waals surface area (Å²) >= 11 is 1.70. The molecule has 2 aromatic rings. The lowest BCUT2D eigenvalue weighted by molar-refractivity contribution is 0.241. The second kappa shape index (κ2) is 5.04. The van der Waals surface area contributed by atoms with E-state index in [1.54, 1.807) is 29.7 Å². The number of thiazole rings is 1. The maximum atomic E-state index is 9.79. The van der Waals surface area contributed by atoms with Crippen molar-refractivity contribution in [3.8, 4) is 5.75 Å². The maximum Gasteiger partial charge on any atom is 0.138 e. The quantitative estimate of drug-likeness (QED) is 0.922. The predicted molar refractivity (Wildman–Crippen MR) is 70.4 cm³/mol. The van der Waals surface area contributed by atoms with Gasteiger partial charge in [-0.1, -0.05) is 0 Å². The van der Waals surface area contributed by atoms with Crippen LogP contribution in [-0.4, -0.2) is 26.5 Å². The van der Waals surface area contributed by atoms with Crippen LogP contribution in [0, 0.1) is 0 Å². The van der Waals surface area contributed by atoms with E-state index in [2.05, 4.69) is 14.9 Å². The van der Waals surface area contributed by atoms with Gasteiger partial charge in [0.15, 0.2) is 0 Å². The van der Waals surface area contributed by atoms with Gasteiger partial charge in [0, 0.05) is 24.3 Å². The van der Waals surface area contributed by atoms with Crippen LogP contribution in [-0.2, 0) is 6.54 Å². The summed E-state index contributed by atoms with van der Waals surface area (Å²) in [5.41, 5.74) is 0.751. The van der Waals surface area contributed by atoms with E-state index < -0.39 is 0 Å². The first kappa shape index (κ1) is 11.6. The minimum atomic E-state index is 0.280. The van der Waals surface area contributed by atoms with Gasteiger partial charge in [-0.25, -0.2) is 4.98 Å². The van der Waals surface area contributed by atoms with E-state index in [4.69, 9.17) is 0 Å². The molecule has 0 aliphatic carbocycles. The number of likely N-dealkylation sites (tertiary alicyclic amines) is 1. The molecule has 1 N–H and O–H groups in total. The Labute approximate surface area is 110 Å². The van der Waals surface area contributed by atoms with Crippen molar-refractivity contribution in [3.05, 3.63) is 40.6 Å². The standard InChI is InChI=1S/C13H15N3OS/c17-12-4-1-5-14-10(12)9-16-7-2-3-11(16)13-15-6-8-18-13/h1,4-6,8,11,17H,2-3,7,9H2/t11-/m0/s1. The second-order valence-electron chi connectivity index (χ2n) is 4.47. The van der Waals surface area contributed by atoms with Gasteiger partial charge in [-0.05, 0) is 31.5 Å². The lowest BCUT2D eigenvalue weighted by Gasteiger charge is -2.22. The van der Waals surface area contributed by atoms with Gasteiger partial charge in [-0.2, -0.15) is 0 Å². The summed E-state index contributed by atoms with van der Waals surface area (Å²) in [6, 6.07) is 3.82. The average molecular weight is 261 g/mol. The normalized spacial score (nSPS) is 20.3. The van der Waals surface area contributed by atoms with Crippen LogP contribution >= 0.6 is 11.3 Å². The zero-order valence-electron chi connectivity index (χ0n) is 9.99. The van der Waals surface area contributed by atoms with Crippen molar-refractivity contribution < 1.29 is 5.11 Å². The summed E-state index contributed by atoms with van der Waals surface area (Å²) in [6.07, 6.45) is 5.90. The fourth-order valence-corrected chi connectivity index (χ4v) is 3.24. The summed E-state index contributed by atoms with van der Waals surface area (Å²) in [6.45, 7) is 1.73. The Bertz CT molecular complexity index is 515. The molecule has 0 aromatic carbocycles. The first-order valence-corrected chi connectivity index (χ1v) is 6.99. The van der Waals surface area contributed by atoms with Gasteiger partial charge < -0.3 is 5.11 Å². The fraction of sp³-hybridized carbons (Fsp3) is 0.385. The number of rotatable bonds is 3. The SMILES string of the molecule is Oc1cccnc1CN1CCC[C@H]1c1nccs1. The molecule has 1 aliphatic heterocycles. The molecule has 1 atom stereocenters. The summed E-state index contributed by atoms with van der Waals surface area (Å²) in [7, 11) is 0. The minimum absolute atomic E-state index is 0.280. The second-order valence-corrected chi connectivity index (χ2v) is 5.39. The van der Waals surface area contributed by atoms with Gasteiger partial charge >= 0.3 is 0 Å². The van der Waals surface area contributed by atoms with E-state index in [1.165, 1.54) is 11.4 Å². The molecular weight excluding hydrogens is 246 g/mol. The third-order valence-corrected chi connectivity index (χ3v) is 4.20. The highest BCUT2D eigenvalue weighted by atomic mass is 32.1. The Morgan fingerprint density at radius 2 is 2.33 bits per heavy atom. The Balaban J connectivity index is 1.78. The third-order valence-electron chi connectivity index (χ3n) is 3.32. The zero-order valence-corrected chi connectivity index (χ0v) is 10.8. The van der Waals surface area contributed by atoms with Gasteiger partial charge in [-0.3, -0.25) is 9.88 Å². The van der Waals surface area contributed by atoms with Gasteiger partial charge in [0.2, 0.25) is 0 Å². The molecule has 0 radical (unpaired) electrons. The van der Waals surface area contributed by atoms with Crippen molar-refractivity contribution in [2.24, 2.45) is 0 Å². The van der Waals surface area contributed by atoms with Crippen molar-refractivity contribution in [1.82, 2.24) is 14.9 Å². The molecule has 0 saturated carbocycles. The molecule has 1 saturated heterocycles. The van der Waals surface area contributed by atoms with Crippen LogP contribution in [0.15, 0.2) is 29.9 Å². The molecule has 2 aromatic heterocycles. The highest BCUT2D eigenvalue weighted by molar-refractivity contribution is 7.09. The van der Waals surface area contributed by atoms with Crippen LogP contribution in [0.1, 0.15) is 29.6 Å². The third kappa shape index (κ3) is 2.23. The molecular formula is C13H15N3OS.